The second-order valence-corrected chi connectivity index (χ2v) is 5.67. The lowest BCUT2D eigenvalue weighted by Crippen LogP contribution is -2.40. The van der Waals surface area contributed by atoms with Crippen LogP contribution in [0.3, 0.4) is 0 Å². The lowest BCUT2D eigenvalue weighted by molar-refractivity contribution is 0.100. The van der Waals surface area contributed by atoms with Gasteiger partial charge >= 0.3 is 0 Å². The Hall–Kier alpha value is -1.55. The molecule has 0 bridgehead atoms. The summed E-state index contributed by atoms with van der Waals surface area (Å²) in [6, 6.07) is 7.49. The summed E-state index contributed by atoms with van der Waals surface area (Å²) in [5.74, 6) is -0.387. The van der Waals surface area contributed by atoms with Crippen molar-refractivity contribution in [2.45, 2.75) is 27.2 Å². The first-order valence-corrected chi connectivity index (χ1v) is 6.75. The maximum atomic E-state index is 11.5. The Morgan fingerprint density at radius 2 is 1.95 bits per heavy atom. The van der Waals surface area contributed by atoms with Gasteiger partial charge in [0.25, 0.3) is 5.91 Å². The van der Waals surface area contributed by atoms with Crippen LogP contribution in [-0.2, 0) is 0 Å². The fourth-order valence-electron chi connectivity index (χ4n) is 2.09. The number of amides is 1. The number of carbonyl (C=O) groups is 1. The molecule has 0 aromatic heterocycles. The van der Waals surface area contributed by atoms with Crippen molar-refractivity contribution in [3.63, 3.8) is 0 Å². The normalized spacial score (nSPS) is 11.4. The van der Waals surface area contributed by atoms with Gasteiger partial charge in [-0.1, -0.05) is 32.9 Å². The van der Waals surface area contributed by atoms with Crippen molar-refractivity contribution in [1.82, 2.24) is 0 Å². The first-order valence-electron chi connectivity index (χ1n) is 6.75. The Labute approximate surface area is 115 Å². The Balaban J connectivity index is 3.09. The zero-order valence-electron chi connectivity index (χ0n) is 12.1. The summed E-state index contributed by atoms with van der Waals surface area (Å²) in [5, 5.41) is 0. The summed E-state index contributed by atoms with van der Waals surface area (Å²) in [5.41, 5.74) is 12.7. The highest BCUT2D eigenvalue weighted by atomic mass is 16.1. The van der Waals surface area contributed by atoms with Gasteiger partial charge in [0.1, 0.15) is 0 Å². The van der Waals surface area contributed by atoms with Gasteiger partial charge in [-0.2, -0.15) is 0 Å². The van der Waals surface area contributed by atoms with Gasteiger partial charge in [0.2, 0.25) is 0 Å². The summed E-state index contributed by atoms with van der Waals surface area (Å²) < 4.78 is 0. The van der Waals surface area contributed by atoms with Crippen LogP contribution in [0.1, 0.15) is 37.6 Å². The molecule has 4 nitrogen and oxygen atoms in total. The van der Waals surface area contributed by atoms with Gasteiger partial charge in [0.05, 0.1) is 5.56 Å². The average molecular weight is 263 g/mol. The second-order valence-electron chi connectivity index (χ2n) is 5.67. The molecular weight excluding hydrogens is 238 g/mol. The minimum Gasteiger partial charge on any atom is -0.370 e. The first kappa shape index (κ1) is 15.5. The molecule has 0 radical (unpaired) electrons. The Morgan fingerprint density at radius 1 is 1.32 bits per heavy atom. The van der Waals surface area contributed by atoms with E-state index in [0.29, 0.717) is 12.1 Å². The fourth-order valence-corrected chi connectivity index (χ4v) is 2.09. The number of carbonyl (C=O) groups excluding carboxylic acids is 1. The van der Waals surface area contributed by atoms with Crippen LogP contribution < -0.4 is 16.4 Å². The van der Waals surface area contributed by atoms with E-state index in [1.165, 1.54) is 0 Å². The molecule has 1 amide bonds. The van der Waals surface area contributed by atoms with Crippen LogP contribution in [0.2, 0.25) is 0 Å². The van der Waals surface area contributed by atoms with Gasteiger partial charge in [-0.05, 0) is 30.5 Å². The molecule has 1 rings (SSSR count). The number of rotatable bonds is 7. The van der Waals surface area contributed by atoms with Crippen LogP contribution in [0.4, 0.5) is 5.69 Å². The summed E-state index contributed by atoms with van der Waals surface area (Å²) in [4.78, 5) is 13.7. The number of hydrogen-bond donors (Lipinski definition) is 2. The number of anilines is 1. The summed E-state index contributed by atoms with van der Waals surface area (Å²) in [7, 11) is 0. The van der Waals surface area contributed by atoms with Crippen LogP contribution in [0.5, 0.6) is 0 Å². The molecule has 4 heteroatoms. The maximum Gasteiger partial charge on any atom is 0.250 e. The third kappa shape index (κ3) is 4.24. The van der Waals surface area contributed by atoms with E-state index in [4.69, 9.17) is 11.5 Å². The van der Waals surface area contributed by atoms with Crippen LogP contribution in [0.15, 0.2) is 24.3 Å². The van der Waals surface area contributed by atoms with Crippen LogP contribution in [-0.4, -0.2) is 25.5 Å². The first-order chi connectivity index (χ1) is 8.91. The van der Waals surface area contributed by atoms with E-state index >= 15 is 0 Å². The highest BCUT2D eigenvalue weighted by Crippen LogP contribution is 2.25. The van der Waals surface area contributed by atoms with Crippen molar-refractivity contribution in [2.75, 3.05) is 24.5 Å². The molecule has 106 valence electrons. The van der Waals surface area contributed by atoms with E-state index in [0.717, 1.165) is 25.2 Å². The molecular formula is C15H25N3O. The average Bonchev–Trinajstić information content (AvgIpc) is 2.38. The van der Waals surface area contributed by atoms with E-state index in [9.17, 15) is 4.79 Å². The smallest absolute Gasteiger partial charge is 0.250 e. The highest BCUT2D eigenvalue weighted by molar-refractivity contribution is 5.98. The number of primary amides is 1. The molecule has 0 unspecified atom stereocenters. The third-order valence-electron chi connectivity index (χ3n) is 3.18. The Kier molecular flexibility index (Phi) is 5.36. The van der Waals surface area contributed by atoms with E-state index in [-0.39, 0.29) is 11.3 Å². The fraction of sp³-hybridized carbons (Fsp3) is 0.533. The van der Waals surface area contributed by atoms with E-state index in [2.05, 4.69) is 25.7 Å². The SMILES string of the molecule is CCCN(CC(C)(C)CN)c1ccccc1C(N)=O. The van der Waals surface area contributed by atoms with Crippen molar-refractivity contribution in [1.29, 1.82) is 0 Å². The van der Waals surface area contributed by atoms with E-state index < -0.39 is 0 Å². The van der Waals surface area contributed by atoms with Gasteiger partial charge < -0.3 is 16.4 Å². The van der Waals surface area contributed by atoms with Gasteiger partial charge in [0.15, 0.2) is 0 Å². The molecule has 1 aromatic rings. The predicted molar refractivity (Wildman–Crippen MR) is 80.3 cm³/mol. The standard InChI is InChI=1S/C15H25N3O/c1-4-9-18(11-15(2,3)10-16)13-8-6-5-7-12(13)14(17)19/h5-8H,4,9-11,16H2,1-3H3,(H2,17,19). The number of nitrogens with zero attached hydrogens (tertiary/aromatic N) is 1. The Bertz CT molecular complexity index is 429. The number of hydrogen-bond acceptors (Lipinski definition) is 3. The molecule has 0 saturated carbocycles. The monoisotopic (exact) mass is 263 g/mol. The molecule has 0 spiro atoms. The van der Waals surface area contributed by atoms with Crippen molar-refractivity contribution in [2.24, 2.45) is 16.9 Å². The minimum absolute atomic E-state index is 0.0000718. The summed E-state index contributed by atoms with van der Waals surface area (Å²) >= 11 is 0. The second kappa shape index (κ2) is 6.57. The van der Waals surface area contributed by atoms with Crippen molar-refractivity contribution in [3.05, 3.63) is 29.8 Å². The van der Waals surface area contributed by atoms with E-state index in [1.807, 2.05) is 18.2 Å². The highest BCUT2D eigenvalue weighted by Gasteiger charge is 2.22. The zero-order valence-corrected chi connectivity index (χ0v) is 12.1. The summed E-state index contributed by atoms with van der Waals surface area (Å²) in [6.07, 6.45) is 1.01. The molecule has 0 fully saturated rings. The number of para-hydroxylation sites is 1. The molecule has 1 aromatic carbocycles. The molecule has 4 N–H and O–H groups in total. The molecule has 0 aliphatic carbocycles. The third-order valence-corrected chi connectivity index (χ3v) is 3.18. The molecule has 0 saturated heterocycles. The lowest BCUT2D eigenvalue weighted by Gasteiger charge is -2.34. The van der Waals surface area contributed by atoms with Crippen LogP contribution in [0.25, 0.3) is 0 Å². The lowest BCUT2D eigenvalue weighted by atomic mass is 9.92. The maximum absolute atomic E-state index is 11.5. The Morgan fingerprint density at radius 3 is 2.47 bits per heavy atom. The number of benzene rings is 1. The van der Waals surface area contributed by atoms with Gasteiger partial charge in [0, 0.05) is 18.8 Å². The van der Waals surface area contributed by atoms with Crippen LogP contribution in [0, 0.1) is 5.41 Å². The largest absolute Gasteiger partial charge is 0.370 e. The molecule has 0 aliphatic rings. The molecule has 0 atom stereocenters. The topological polar surface area (TPSA) is 72.3 Å². The van der Waals surface area contributed by atoms with Crippen molar-refractivity contribution < 1.29 is 4.79 Å². The quantitative estimate of drug-likeness (QED) is 0.790. The number of nitrogens with two attached hydrogens (primary N) is 2. The van der Waals surface area contributed by atoms with Gasteiger partial charge in [-0.25, -0.2) is 0 Å². The van der Waals surface area contributed by atoms with E-state index in [1.54, 1.807) is 6.07 Å². The summed E-state index contributed by atoms with van der Waals surface area (Å²) in [6.45, 7) is 8.67. The minimum atomic E-state index is -0.387. The van der Waals surface area contributed by atoms with Gasteiger partial charge in [-0.15, -0.1) is 0 Å². The zero-order chi connectivity index (χ0) is 14.5. The van der Waals surface area contributed by atoms with Crippen LogP contribution >= 0.6 is 0 Å². The molecule has 0 heterocycles. The van der Waals surface area contributed by atoms with Crippen molar-refractivity contribution in [3.8, 4) is 0 Å². The van der Waals surface area contributed by atoms with Gasteiger partial charge in [-0.3, -0.25) is 4.79 Å². The predicted octanol–water partition coefficient (Wildman–Crippen LogP) is 1.99. The molecule has 0 aliphatic heterocycles. The van der Waals surface area contributed by atoms with Crippen molar-refractivity contribution >= 4 is 11.6 Å². The molecule has 19 heavy (non-hydrogen) atoms.